The first-order valence-corrected chi connectivity index (χ1v) is 9.11. The van der Waals surface area contributed by atoms with E-state index in [0.717, 1.165) is 36.2 Å². The summed E-state index contributed by atoms with van der Waals surface area (Å²) in [5, 5.41) is 11.3. The lowest BCUT2D eigenvalue weighted by molar-refractivity contribution is -0.116. The van der Waals surface area contributed by atoms with Crippen LogP contribution in [0.3, 0.4) is 0 Å². The topological polar surface area (TPSA) is 73.0 Å². The van der Waals surface area contributed by atoms with Crippen molar-refractivity contribution in [1.29, 1.82) is 0 Å². The largest absolute Gasteiger partial charge is 0.419 e. The van der Waals surface area contributed by atoms with Crippen molar-refractivity contribution in [3.63, 3.8) is 0 Å². The number of amides is 1. The summed E-state index contributed by atoms with van der Waals surface area (Å²) in [4.78, 5) is 12.5. The highest BCUT2D eigenvalue weighted by Crippen LogP contribution is 2.36. The Bertz CT molecular complexity index is 908. The number of aryl methyl sites for hydroxylation is 1. The van der Waals surface area contributed by atoms with Gasteiger partial charge in [0.15, 0.2) is 0 Å². The summed E-state index contributed by atoms with van der Waals surface area (Å²) in [7, 11) is 0. The van der Waals surface area contributed by atoms with E-state index < -0.39 is 0 Å². The molecule has 3 aromatic rings. The molecule has 2 heterocycles. The van der Waals surface area contributed by atoms with Crippen molar-refractivity contribution in [3.8, 4) is 11.6 Å². The Labute approximate surface area is 152 Å². The first-order chi connectivity index (χ1) is 12.7. The van der Waals surface area contributed by atoms with Gasteiger partial charge in [0.25, 0.3) is 5.89 Å². The third-order valence-electron chi connectivity index (χ3n) is 4.93. The van der Waals surface area contributed by atoms with Crippen LogP contribution in [0.5, 0.6) is 0 Å². The Kier molecular flexibility index (Phi) is 4.56. The molecule has 26 heavy (non-hydrogen) atoms. The van der Waals surface area contributed by atoms with Gasteiger partial charge in [0.05, 0.1) is 0 Å². The van der Waals surface area contributed by atoms with E-state index in [1.165, 1.54) is 6.42 Å². The molecule has 1 aliphatic carbocycles. The van der Waals surface area contributed by atoms with E-state index in [-0.39, 0.29) is 12.5 Å². The van der Waals surface area contributed by atoms with E-state index in [9.17, 15) is 4.79 Å². The van der Waals surface area contributed by atoms with Gasteiger partial charge in [-0.2, -0.15) is 0 Å². The smallest absolute Gasteiger partial charge is 0.264 e. The van der Waals surface area contributed by atoms with Crippen molar-refractivity contribution in [1.82, 2.24) is 14.8 Å². The molecule has 0 atom stereocenters. The fourth-order valence-electron chi connectivity index (χ4n) is 3.20. The molecule has 0 aliphatic heterocycles. The SMILES string of the molecule is CCc1ccccc1NC(=O)Cn1cccc1-c1nnc(C2CCC2)o1. The Morgan fingerprint density at radius 2 is 2.08 bits per heavy atom. The fraction of sp³-hybridized carbons (Fsp3) is 0.350. The van der Waals surface area contributed by atoms with Crippen LogP contribution in [0.15, 0.2) is 47.0 Å². The summed E-state index contributed by atoms with van der Waals surface area (Å²) < 4.78 is 7.67. The Morgan fingerprint density at radius 1 is 1.23 bits per heavy atom. The number of rotatable bonds is 6. The highest BCUT2D eigenvalue weighted by Gasteiger charge is 2.26. The molecule has 134 valence electrons. The van der Waals surface area contributed by atoms with E-state index in [1.807, 2.05) is 47.2 Å². The lowest BCUT2D eigenvalue weighted by Crippen LogP contribution is -2.19. The molecule has 2 aromatic heterocycles. The quantitative estimate of drug-likeness (QED) is 0.729. The molecule has 0 radical (unpaired) electrons. The normalized spacial score (nSPS) is 14.2. The Morgan fingerprint density at radius 3 is 2.85 bits per heavy atom. The molecule has 1 aliphatic rings. The lowest BCUT2D eigenvalue weighted by Gasteiger charge is -2.20. The van der Waals surface area contributed by atoms with Crippen LogP contribution in [0.2, 0.25) is 0 Å². The first kappa shape index (κ1) is 16.6. The van der Waals surface area contributed by atoms with E-state index >= 15 is 0 Å². The average Bonchev–Trinajstić information content (AvgIpc) is 3.23. The van der Waals surface area contributed by atoms with Gasteiger partial charge >= 0.3 is 0 Å². The second-order valence-corrected chi connectivity index (χ2v) is 6.65. The minimum Gasteiger partial charge on any atom is -0.419 e. The fourth-order valence-corrected chi connectivity index (χ4v) is 3.20. The summed E-state index contributed by atoms with van der Waals surface area (Å²) >= 11 is 0. The highest BCUT2D eigenvalue weighted by molar-refractivity contribution is 5.91. The molecule has 1 amide bonds. The molecule has 6 nitrogen and oxygen atoms in total. The van der Waals surface area contributed by atoms with Crippen molar-refractivity contribution in [2.45, 2.75) is 45.1 Å². The van der Waals surface area contributed by atoms with Crippen molar-refractivity contribution in [2.24, 2.45) is 0 Å². The molecule has 1 N–H and O–H groups in total. The molecule has 0 bridgehead atoms. The number of carbonyl (C=O) groups is 1. The predicted molar refractivity (Wildman–Crippen MR) is 98.8 cm³/mol. The molecule has 1 aromatic carbocycles. The van der Waals surface area contributed by atoms with Crippen LogP contribution in [-0.4, -0.2) is 20.7 Å². The van der Waals surface area contributed by atoms with Crippen LogP contribution in [-0.2, 0) is 17.8 Å². The van der Waals surface area contributed by atoms with Crippen LogP contribution in [0.4, 0.5) is 5.69 Å². The molecular weight excluding hydrogens is 328 g/mol. The van der Waals surface area contributed by atoms with Crippen molar-refractivity contribution in [3.05, 3.63) is 54.0 Å². The third-order valence-corrected chi connectivity index (χ3v) is 4.93. The Hall–Kier alpha value is -2.89. The van der Waals surface area contributed by atoms with Crippen molar-refractivity contribution in [2.75, 3.05) is 5.32 Å². The zero-order chi connectivity index (χ0) is 17.9. The summed E-state index contributed by atoms with van der Waals surface area (Å²) in [5.41, 5.74) is 2.75. The molecule has 1 fully saturated rings. The van der Waals surface area contributed by atoms with Crippen LogP contribution in [0, 0.1) is 0 Å². The number of hydrogen-bond donors (Lipinski definition) is 1. The number of nitrogens with one attached hydrogen (secondary N) is 1. The number of hydrogen-bond acceptors (Lipinski definition) is 4. The van der Waals surface area contributed by atoms with Gasteiger partial charge in [-0.25, -0.2) is 0 Å². The minimum absolute atomic E-state index is 0.0814. The summed E-state index contributed by atoms with van der Waals surface area (Å²) in [6.45, 7) is 2.27. The standard InChI is InChI=1S/C20H22N4O2/c1-2-14-7-3-4-10-16(14)21-18(25)13-24-12-6-11-17(24)20-23-22-19(26-20)15-8-5-9-15/h3-4,6-7,10-12,15H,2,5,8-9,13H2,1H3,(H,21,25). The summed E-state index contributed by atoms with van der Waals surface area (Å²) in [6, 6.07) is 11.6. The van der Waals surface area contributed by atoms with Crippen molar-refractivity contribution >= 4 is 11.6 Å². The molecule has 0 unspecified atom stereocenters. The highest BCUT2D eigenvalue weighted by atomic mass is 16.4. The van der Waals surface area contributed by atoms with E-state index in [1.54, 1.807) is 0 Å². The zero-order valence-electron chi connectivity index (χ0n) is 14.8. The summed E-state index contributed by atoms with van der Waals surface area (Å²) in [5.74, 6) is 1.49. The van der Waals surface area contributed by atoms with Gasteiger partial charge < -0.3 is 14.3 Å². The Balaban J connectivity index is 1.48. The monoisotopic (exact) mass is 350 g/mol. The molecule has 4 rings (SSSR count). The maximum atomic E-state index is 12.5. The van der Waals surface area contributed by atoms with Gasteiger partial charge in [-0.05, 0) is 43.0 Å². The number of aromatic nitrogens is 3. The number of para-hydroxylation sites is 1. The van der Waals surface area contributed by atoms with E-state index in [0.29, 0.717) is 17.7 Å². The number of anilines is 1. The second kappa shape index (κ2) is 7.15. The van der Waals surface area contributed by atoms with Crippen LogP contribution < -0.4 is 5.32 Å². The molecular formula is C20H22N4O2. The van der Waals surface area contributed by atoms with Gasteiger partial charge in [0.2, 0.25) is 11.8 Å². The second-order valence-electron chi connectivity index (χ2n) is 6.65. The maximum absolute atomic E-state index is 12.5. The van der Waals surface area contributed by atoms with Gasteiger partial charge in [0, 0.05) is 17.8 Å². The molecule has 0 spiro atoms. The third kappa shape index (κ3) is 3.27. The number of benzene rings is 1. The maximum Gasteiger partial charge on any atom is 0.264 e. The average molecular weight is 350 g/mol. The van der Waals surface area contributed by atoms with Gasteiger partial charge in [-0.3, -0.25) is 4.79 Å². The van der Waals surface area contributed by atoms with Crippen LogP contribution >= 0.6 is 0 Å². The van der Waals surface area contributed by atoms with Gasteiger partial charge in [-0.15, -0.1) is 10.2 Å². The minimum atomic E-state index is -0.0814. The molecule has 0 saturated heterocycles. The first-order valence-electron chi connectivity index (χ1n) is 9.11. The van der Waals surface area contributed by atoms with Crippen LogP contribution in [0.25, 0.3) is 11.6 Å². The lowest BCUT2D eigenvalue weighted by atomic mass is 9.85. The number of nitrogens with zero attached hydrogens (tertiary/aromatic N) is 3. The molecule has 6 heteroatoms. The van der Waals surface area contributed by atoms with Crippen LogP contribution in [0.1, 0.15) is 43.6 Å². The van der Waals surface area contributed by atoms with E-state index in [4.69, 9.17) is 4.42 Å². The van der Waals surface area contributed by atoms with E-state index in [2.05, 4.69) is 22.4 Å². The summed E-state index contributed by atoms with van der Waals surface area (Å²) in [6.07, 6.45) is 6.17. The molecule has 1 saturated carbocycles. The van der Waals surface area contributed by atoms with Crippen molar-refractivity contribution < 1.29 is 9.21 Å². The predicted octanol–water partition coefficient (Wildman–Crippen LogP) is 4.01. The van der Waals surface area contributed by atoms with Gasteiger partial charge in [0.1, 0.15) is 12.2 Å². The number of carbonyl (C=O) groups excluding carboxylic acids is 1. The van der Waals surface area contributed by atoms with Gasteiger partial charge in [-0.1, -0.05) is 31.5 Å². The zero-order valence-corrected chi connectivity index (χ0v) is 14.8.